The fourth-order valence-electron chi connectivity index (χ4n) is 4.39. The second-order valence-electron chi connectivity index (χ2n) is 8.86. The van der Waals surface area contributed by atoms with Crippen molar-refractivity contribution >= 4 is 23.4 Å². The second kappa shape index (κ2) is 9.43. The summed E-state index contributed by atoms with van der Waals surface area (Å²) in [5.41, 5.74) is 0.207. The molecule has 5 nitrogen and oxygen atoms in total. The molecule has 0 unspecified atom stereocenters. The van der Waals surface area contributed by atoms with Gasteiger partial charge in [0.15, 0.2) is 0 Å². The molecule has 1 N–H and O–H groups in total. The molecule has 0 atom stereocenters. The average Bonchev–Trinajstić information content (AvgIpc) is 2.65. The molecule has 2 heterocycles. The molecular weight excluding hydrogens is 393 g/mol. The van der Waals surface area contributed by atoms with Crippen LogP contribution in [-0.2, 0) is 4.79 Å². The van der Waals surface area contributed by atoms with Crippen molar-refractivity contribution in [2.75, 3.05) is 32.7 Å². The molecule has 1 aromatic rings. The summed E-state index contributed by atoms with van der Waals surface area (Å²) >= 11 is 5.82. The number of carbonyl (C=O) groups is 2. The number of nitrogens with zero attached hydrogens (tertiary/aromatic N) is 2. The fourth-order valence-corrected chi connectivity index (χ4v) is 4.61. The molecule has 0 spiro atoms. The zero-order chi connectivity index (χ0) is 21.0. The van der Waals surface area contributed by atoms with E-state index in [2.05, 4.69) is 24.1 Å². The van der Waals surface area contributed by atoms with E-state index in [-0.39, 0.29) is 27.9 Å². The third-order valence-corrected chi connectivity index (χ3v) is 6.45. The Bertz CT molecular complexity index is 727. The van der Waals surface area contributed by atoms with Gasteiger partial charge < -0.3 is 15.1 Å². The van der Waals surface area contributed by atoms with Gasteiger partial charge in [-0.25, -0.2) is 4.39 Å². The standard InChI is InChI=1S/C22H31ClFN3O2/c1-22(2)7-3-4-20(28)27(22)11-10-26-8-5-16(6-9-26)15-25-21(29)17-12-18(23)14-19(24)13-17/h12-14,16H,3-11,15H2,1-2H3,(H,25,29). The summed E-state index contributed by atoms with van der Waals surface area (Å²) in [7, 11) is 0. The van der Waals surface area contributed by atoms with Crippen LogP contribution in [0.2, 0.25) is 5.02 Å². The first kappa shape index (κ1) is 22.0. The smallest absolute Gasteiger partial charge is 0.251 e. The number of rotatable bonds is 6. The lowest BCUT2D eigenvalue weighted by Gasteiger charge is -2.43. The first-order valence-corrected chi connectivity index (χ1v) is 10.9. The predicted octanol–water partition coefficient (Wildman–Crippen LogP) is 3.71. The number of nitrogens with one attached hydrogen (secondary N) is 1. The van der Waals surface area contributed by atoms with Crippen LogP contribution < -0.4 is 5.32 Å². The summed E-state index contributed by atoms with van der Waals surface area (Å²) < 4.78 is 13.4. The number of amides is 2. The Kier molecular flexibility index (Phi) is 7.17. The van der Waals surface area contributed by atoms with Gasteiger partial charge in [0.2, 0.25) is 5.91 Å². The topological polar surface area (TPSA) is 52.7 Å². The van der Waals surface area contributed by atoms with Crippen molar-refractivity contribution < 1.29 is 14.0 Å². The molecule has 0 bridgehead atoms. The minimum atomic E-state index is -0.508. The van der Waals surface area contributed by atoms with E-state index in [1.54, 1.807) is 0 Å². The zero-order valence-electron chi connectivity index (χ0n) is 17.3. The molecule has 0 saturated carbocycles. The van der Waals surface area contributed by atoms with Gasteiger partial charge in [0, 0.05) is 42.2 Å². The number of carbonyl (C=O) groups excluding carboxylic acids is 2. The number of hydrogen-bond donors (Lipinski definition) is 1. The molecular formula is C22H31ClFN3O2. The summed E-state index contributed by atoms with van der Waals surface area (Å²) in [4.78, 5) is 29.0. The molecule has 2 aliphatic rings. The van der Waals surface area contributed by atoms with Gasteiger partial charge in [-0.05, 0) is 76.7 Å². The molecule has 0 radical (unpaired) electrons. The Morgan fingerprint density at radius 1 is 1.24 bits per heavy atom. The fraction of sp³-hybridized carbons (Fsp3) is 0.636. The minimum Gasteiger partial charge on any atom is -0.352 e. The largest absolute Gasteiger partial charge is 0.352 e. The van der Waals surface area contributed by atoms with Gasteiger partial charge >= 0.3 is 0 Å². The minimum absolute atomic E-state index is 0.0439. The van der Waals surface area contributed by atoms with Crippen LogP contribution in [0.5, 0.6) is 0 Å². The Labute approximate surface area is 177 Å². The summed E-state index contributed by atoms with van der Waals surface area (Å²) in [6.45, 7) is 8.52. The molecule has 1 aromatic carbocycles. The quantitative estimate of drug-likeness (QED) is 0.758. The van der Waals surface area contributed by atoms with Crippen LogP contribution in [0.4, 0.5) is 4.39 Å². The number of piperidine rings is 2. The highest BCUT2D eigenvalue weighted by Crippen LogP contribution is 2.28. The lowest BCUT2D eigenvalue weighted by Crippen LogP contribution is -2.53. The van der Waals surface area contributed by atoms with E-state index in [1.165, 1.54) is 18.2 Å². The Hall–Kier alpha value is -1.66. The summed E-state index contributed by atoms with van der Waals surface area (Å²) in [6, 6.07) is 3.87. The lowest BCUT2D eigenvalue weighted by atomic mass is 9.90. The Morgan fingerprint density at radius 3 is 2.62 bits per heavy atom. The van der Waals surface area contributed by atoms with Gasteiger partial charge in [0.05, 0.1) is 0 Å². The molecule has 2 aliphatic heterocycles. The van der Waals surface area contributed by atoms with E-state index in [9.17, 15) is 14.0 Å². The molecule has 2 fully saturated rings. The SMILES string of the molecule is CC1(C)CCCC(=O)N1CCN1CCC(CNC(=O)c2cc(F)cc(Cl)c2)CC1. The third-order valence-electron chi connectivity index (χ3n) is 6.23. The molecule has 160 valence electrons. The van der Waals surface area contributed by atoms with E-state index in [0.29, 0.717) is 18.9 Å². The van der Waals surface area contributed by atoms with Gasteiger partial charge in [-0.3, -0.25) is 9.59 Å². The van der Waals surface area contributed by atoms with Crippen molar-refractivity contribution in [2.24, 2.45) is 5.92 Å². The summed E-state index contributed by atoms with van der Waals surface area (Å²) in [5, 5.41) is 3.12. The Balaban J connectivity index is 1.40. The van der Waals surface area contributed by atoms with E-state index in [1.807, 2.05) is 4.90 Å². The first-order chi connectivity index (χ1) is 13.7. The number of hydrogen-bond acceptors (Lipinski definition) is 3. The number of benzene rings is 1. The molecule has 29 heavy (non-hydrogen) atoms. The highest BCUT2D eigenvalue weighted by Gasteiger charge is 2.34. The number of likely N-dealkylation sites (tertiary alicyclic amines) is 2. The van der Waals surface area contributed by atoms with Gasteiger partial charge in [-0.1, -0.05) is 11.6 Å². The molecule has 7 heteroatoms. The monoisotopic (exact) mass is 423 g/mol. The van der Waals surface area contributed by atoms with E-state index < -0.39 is 5.82 Å². The van der Waals surface area contributed by atoms with Gasteiger partial charge in [0.25, 0.3) is 5.91 Å². The van der Waals surface area contributed by atoms with Gasteiger partial charge in [-0.15, -0.1) is 0 Å². The van der Waals surface area contributed by atoms with Crippen LogP contribution in [0.1, 0.15) is 56.3 Å². The van der Waals surface area contributed by atoms with Crippen molar-refractivity contribution in [2.45, 2.75) is 51.5 Å². The van der Waals surface area contributed by atoms with E-state index >= 15 is 0 Å². The molecule has 3 rings (SSSR count). The van der Waals surface area contributed by atoms with Crippen LogP contribution in [0.3, 0.4) is 0 Å². The highest BCUT2D eigenvalue weighted by atomic mass is 35.5. The first-order valence-electron chi connectivity index (χ1n) is 10.5. The number of halogens is 2. The molecule has 2 saturated heterocycles. The zero-order valence-corrected chi connectivity index (χ0v) is 18.1. The average molecular weight is 424 g/mol. The van der Waals surface area contributed by atoms with E-state index in [0.717, 1.165) is 51.9 Å². The normalized spacial score (nSPS) is 20.7. The maximum absolute atomic E-state index is 13.4. The van der Waals surface area contributed by atoms with Crippen LogP contribution in [0.25, 0.3) is 0 Å². The summed E-state index contributed by atoms with van der Waals surface area (Å²) in [6.07, 6.45) is 4.73. The third kappa shape index (κ3) is 5.92. The van der Waals surface area contributed by atoms with Crippen molar-refractivity contribution in [1.29, 1.82) is 0 Å². The second-order valence-corrected chi connectivity index (χ2v) is 9.30. The molecule has 0 aliphatic carbocycles. The van der Waals surface area contributed by atoms with Crippen molar-refractivity contribution in [1.82, 2.24) is 15.1 Å². The summed E-state index contributed by atoms with van der Waals surface area (Å²) in [5.74, 6) is -0.116. The van der Waals surface area contributed by atoms with Crippen molar-refractivity contribution in [3.63, 3.8) is 0 Å². The van der Waals surface area contributed by atoms with Crippen molar-refractivity contribution in [3.8, 4) is 0 Å². The van der Waals surface area contributed by atoms with Crippen LogP contribution in [0, 0.1) is 11.7 Å². The van der Waals surface area contributed by atoms with Crippen molar-refractivity contribution in [3.05, 3.63) is 34.6 Å². The van der Waals surface area contributed by atoms with Gasteiger partial charge in [-0.2, -0.15) is 0 Å². The lowest BCUT2D eigenvalue weighted by molar-refractivity contribution is -0.140. The Morgan fingerprint density at radius 2 is 1.97 bits per heavy atom. The van der Waals surface area contributed by atoms with Crippen LogP contribution in [0.15, 0.2) is 18.2 Å². The molecule has 2 amide bonds. The highest BCUT2D eigenvalue weighted by molar-refractivity contribution is 6.31. The van der Waals surface area contributed by atoms with Gasteiger partial charge in [0.1, 0.15) is 5.82 Å². The maximum atomic E-state index is 13.4. The molecule has 0 aromatic heterocycles. The maximum Gasteiger partial charge on any atom is 0.251 e. The van der Waals surface area contributed by atoms with Crippen LogP contribution in [-0.4, -0.2) is 59.9 Å². The predicted molar refractivity (Wildman–Crippen MR) is 113 cm³/mol. The van der Waals surface area contributed by atoms with Crippen LogP contribution >= 0.6 is 11.6 Å². The van der Waals surface area contributed by atoms with E-state index in [4.69, 9.17) is 11.6 Å².